The summed E-state index contributed by atoms with van der Waals surface area (Å²) < 4.78 is 66.9. The van der Waals surface area contributed by atoms with E-state index in [1.807, 2.05) is 0 Å². The first-order valence-electron chi connectivity index (χ1n) is 9.64. The molecule has 33 heavy (non-hydrogen) atoms. The quantitative estimate of drug-likeness (QED) is 0.370. The molecule has 0 aliphatic carbocycles. The molecule has 3 aromatic rings. The highest BCUT2D eigenvalue weighted by atomic mass is 35.5. The van der Waals surface area contributed by atoms with Crippen LogP contribution in [0.5, 0.6) is 0 Å². The predicted molar refractivity (Wildman–Crippen MR) is 122 cm³/mol. The second-order valence-electron chi connectivity index (χ2n) is 6.95. The predicted octanol–water partition coefficient (Wildman–Crippen LogP) is 6.37. The number of urea groups is 1. The molecule has 0 aliphatic rings. The van der Waals surface area contributed by atoms with Gasteiger partial charge in [0.25, 0.3) is 10.0 Å². The second-order valence-corrected chi connectivity index (χ2v) is 9.03. The van der Waals surface area contributed by atoms with E-state index < -0.39 is 27.8 Å². The van der Waals surface area contributed by atoms with Crippen LogP contribution in [0.25, 0.3) is 0 Å². The van der Waals surface area contributed by atoms with Crippen molar-refractivity contribution in [2.24, 2.45) is 0 Å². The molecule has 3 N–H and O–H groups in total. The van der Waals surface area contributed by atoms with Crippen LogP contribution in [0, 0.1) is 0 Å². The van der Waals surface area contributed by atoms with E-state index in [0.717, 1.165) is 12.1 Å². The van der Waals surface area contributed by atoms with Gasteiger partial charge in [-0.3, -0.25) is 4.72 Å². The Morgan fingerprint density at radius 3 is 2.12 bits per heavy atom. The Kier molecular flexibility index (Phi) is 7.19. The van der Waals surface area contributed by atoms with E-state index in [0.29, 0.717) is 22.7 Å². The van der Waals surface area contributed by atoms with Gasteiger partial charge in [0.1, 0.15) is 0 Å². The smallest absolute Gasteiger partial charge is 0.308 e. The fraction of sp³-hybridized carbons (Fsp3) is 0.136. The Balaban J connectivity index is 1.80. The van der Waals surface area contributed by atoms with Crippen molar-refractivity contribution >= 4 is 44.7 Å². The van der Waals surface area contributed by atoms with Crippen molar-refractivity contribution in [3.63, 3.8) is 0 Å². The maximum atomic E-state index is 12.9. The van der Waals surface area contributed by atoms with Crippen molar-refractivity contribution in [3.8, 4) is 0 Å². The Labute approximate surface area is 193 Å². The molecule has 174 valence electrons. The number of carbonyl (C=O) groups excluding carboxylic acids is 1. The molecular weight excluding hydrogens is 479 g/mol. The summed E-state index contributed by atoms with van der Waals surface area (Å²) in [5, 5.41) is 5.20. The van der Waals surface area contributed by atoms with Crippen LogP contribution < -0.4 is 15.4 Å². The normalized spacial score (nSPS) is 11.7. The maximum absolute atomic E-state index is 12.9. The van der Waals surface area contributed by atoms with Gasteiger partial charge < -0.3 is 10.6 Å². The highest BCUT2D eigenvalue weighted by molar-refractivity contribution is 7.92. The first-order chi connectivity index (χ1) is 15.5. The molecule has 6 nitrogen and oxygen atoms in total. The fourth-order valence-corrected chi connectivity index (χ4v) is 4.49. The van der Waals surface area contributed by atoms with E-state index in [2.05, 4.69) is 15.4 Å². The summed E-state index contributed by atoms with van der Waals surface area (Å²) in [6.45, 7) is 1.78. The summed E-state index contributed by atoms with van der Waals surface area (Å²) in [4.78, 5) is 12.3. The Hall–Kier alpha value is -3.24. The molecule has 0 unspecified atom stereocenters. The van der Waals surface area contributed by atoms with Gasteiger partial charge in [0.15, 0.2) is 0 Å². The average Bonchev–Trinajstić information content (AvgIpc) is 2.74. The van der Waals surface area contributed by atoms with Crippen molar-refractivity contribution in [2.45, 2.75) is 24.4 Å². The number of alkyl halides is 3. The molecule has 3 rings (SSSR count). The van der Waals surface area contributed by atoms with Crippen LogP contribution in [0.2, 0.25) is 5.02 Å². The monoisotopic (exact) mass is 497 g/mol. The van der Waals surface area contributed by atoms with E-state index in [1.165, 1.54) is 48.5 Å². The minimum atomic E-state index is -4.55. The average molecular weight is 498 g/mol. The second kappa shape index (κ2) is 9.72. The molecular formula is C22H19ClF3N3O3S. The minimum Gasteiger partial charge on any atom is -0.308 e. The molecule has 0 saturated heterocycles. The number of aryl methyl sites for hydroxylation is 1. The number of sulfonamides is 1. The summed E-state index contributed by atoms with van der Waals surface area (Å²) in [6, 6.07) is 13.8. The van der Waals surface area contributed by atoms with Crippen LogP contribution >= 0.6 is 11.6 Å². The Morgan fingerprint density at radius 1 is 0.909 bits per heavy atom. The molecule has 0 aromatic heterocycles. The number of hydrogen-bond donors (Lipinski definition) is 3. The number of amides is 2. The number of nitrogens with one attached hydrogen (secondary N) is 3. The lowest BCUT2D eigenvalue weighted by molar-refractivity contribution is -0.137. The third-order valence-electron chi connectivity index (χ3n) is 4.54. The summed E-state index contributed by atoms with van der Waals surface area (Å²) in [5.74, 6) is 0. The summed E-state index contributed by atoms with van der Waals surface area (Å²) >= 11 is 5.83. The third-order valence-corrected chi connectivity index (χ3v) is 6.26. The molecule has 3 aromatic carbocycles. The summed E-state index contributed by atoms with van der Waals surface area (Å²) in [5.41, 5.74) is -0.00503. The van der Waals surface area contributed by atoms with Gasteiger partial charge in [0, 0.05) is 22.1 Å². The van der Waals surface area contributed by atoms with E-state index in [4.69, 9.17) is 11.6 Å². The van der Waals surface area contributed by atoms with Crippen LogP contribution in [0.1, 0.15) is 18.1 Å². The Bertz CT molecular complexity index is 1260. The third kappa shape index (κ3) is 6.39. The zero-order chi connectivity index (χ0) is 24.2. The van der Waals surface area contributed by atoms with Crippen molar-refractivity contribution in [2.75, 3.05) is 15.4 Å². The van der Waals surface area contributed by atoms with Gasteiger partial charge >= 0.3 is 12.2 Å². The van der Waals surface area contributed by atoms with Gasteiger partial charge in [-0.2, -0.15) is 13.2 Å². The van der Waals surface area contributed by atoms with Crippen molar-refractivity contribution < 1.29 is 26.4 Å². The van der Waals surface area contributed by atoms with Crippen molar-refractivity contribution in [1.29, 1.82) is 0 Å². The lowest BCUT2D eigenvalue weighted by atomic mass is 10.1. The van der Waals surface area contributed by atoms with Crippen LogP contribution in [0.4, 0.5) is 35.0 Å². The van der Waals surface area contributed by atoms with Gasteiger partial charge in [-0.05, 0) is 66.6 Å². The van der Waals surface area contributed by atoms with Crippen LogP contribution in [0.15, 0.2) is 71.6 Å². The number of anilines is 3. The number of halogens is 4. The number of carbonyl (C=O) groups is 1. The molecule has 0 bridgehead atoms. The minimum absolute atomic E-state index is 0.0446. The van der Waals surface area contributed by atoms with Crippen LogP contribution in [-0.4, -0.2) is 14.4 Å². The molecule has 0 fully saturated rings. The van der Waals surface area contributed by atoms with Gasteiger partial charge in [-0.15, -0.1) is 0 Å². The van der Waals surface area contributed by atoms with Gasteiger partial charge in [0.2, 0.25) is 0 Å². The number of benzene rings is 3. The highest BCUT2D eigenvalue weighted by Crippen LogP contribution is 2.31. The molecule has 0 aliphatic heterocycles. The molecule has 11 heteroatoms. The lowest BCUT2D eigenvalue weighted by Gasteiger charge is -2.14. The SMILES string of the molecule is CCc1ccc(NC(=O)Nc2cccc(C(F)(F)F)c2)cc1S(=O)(=O)Nc1ccc(Cl)cc1. The van der Waals surface area contributed by atoms with Gasteiger partial charge in [0.05, 0.1) is 10.5 Å². The molecule has 0 radical (unpaired) electrons. The zero-order valence-corrected chi connectivity index (χ0v) is 18.8. The van der Waals surface area contributed by atoms with Crippen LogP contribution in [0.3, 0.4) is 0 Å². The maximum Gasteiger partial charge on any atom is 0.416 e. The van der Waals surface area contributed by atoms with Crippen molar-refractivity contribution in [3.05, 3.63) is 82.9 Å². The van der Waals surface area contributed by atoms with E-state index in [1.54, 1.807) is 13.0 Å². The highest BCUT2D eigenvalue weighted by Gasteiger charge is 2.30. The molecule has 0 atom stereocenters. The standard InChI is InChI=1S/C22H19ClF3N3O3S/c1-2-14-6-9-19(13-20(14)33(31,32)29-17-10-7-16(23)8-11-17)28-21(30)27-18-5-3-4-15(12-18)22(24,25)26/h3-13,29H,2H2,1H3,(H2,27,28,30). The fourth-order valence-electron chi connectivity index (χ4n) is 2.97. The molecule has 2 amide bonds. The molecule has 0 spiro atoms. The van der Waals surface area contributed by atoms with E-state index in [9.17, 15) is 26.4 Å². The summed E-state index contributed by atoms with van der Waals surface area (Å²) in [6.07, 6.45) is -4.14. The topological polar surface area (TPSA) is 87.3 Å². The lowest BCUT2D eigenvalue weighted by Crippen LogP contribution is -2.21. The first-order valence-corrected chi connectivity index (χ1v) is 11.5. The number of rotatable bonds is 6. The van der Waals surface area contributed by atoms with E-state index in [-0.39, 0.29) is 16.3 Å². The molecule has 0 heterocycles. The largest absolute Gasteiger partial charge is 0.416 e. The number of hydrogen-bond acceptors (Lipinski definition) is 3. The molecule has 0 saturated carbocycles. The summed E-state index contributed by atoms with van der Waals surface area (Å²) in [7, 11) is -4.00. The first kappa shape index (κ1) is 24.4. The van der Waals surface area contributed by atoms with Crippen LogP contribution in [-0.2, 0) is 22.6 Å². The Morgan fingerprint density at radius 2 is 1.52 bits per heavy atom. The zero-order valence-electron chi connectivity index (χ0n) is 17.2. The van der Waals surface area contributed by atoms with Gasteiger partial charge in [-0.1, -0.05) is 30.7 Å². The van der Waals surface area contributed by atoms with Gasteiger partial charge in [-0.25, -0.2) is 13.2 Å². The van der Waals surface area contributed by atoms with E-state index >= 15 is 0 Å². The van der Waals surface area contributed by atoms with Crippen molar-refractivity contribution in [1.82, 2.24) is 0 Å².